The molecule has 2 rings (SSSR count). The highest BCUT2D eigenvalue weighted by atomic mass is 35.5. The van der Waals surface area contributed by atoms with E-state index in [4.69, 9.17) is 38.8 Å². The molecular weight excluding hydrogens is 391 g/mol. The molecule has 2 aromatic carbocycles. The van der Waals surface area contributed by atoms with Gasteiger partial charge in [0.25, 0.3) is 5.91 Å². The molecule has 0 spiro atoms. The van der Waals surface area contributed by atoms with Crippen molar-refractivity contribution in [1.29, 1.82) is 0 Å². The summed E-state index contributed by atoms with van der Waals surface area (Å²) in [6.45, 7) is 0.747. The maximum atomic E-state index is 11.9. The number of carbonyl (C=O) groups is 2. The minimum absolute atomic E-state index is 0.112. The monoisotopic (exact) mass is 410 g/mol. The van der Waals surface area contributed by atoms with Crippen LogP contribution in [0.25, 0.3) is 0 Å². The second-order valence-corrected chi connectivity index (χ2v) is 6.68. The zero-order valence-electron chi connectivity index (χ0n) is 14.5. The third-order valence-corrected chi connectivity index (χ3v) is 4.28. The Hall–Kier alpha value is -2.28. The molecule has 0 aliphatic carbocycles. The molecule has 0 saturated heterocycles. The zero-order valence-corrected chi connectivity index (χ0v) is 16.0. The van der Waals surface area contributed by atoms with Crippen molar-refractivity contribution < 1.29 is 19.4 Å². The first kappa shape index (κ1) is 21.0. The summed E-state index contributed by atoms with van der Waals surface area (Å²) in [6.07, 6.45) is 0.678. The summed E-state index contributed by atoms with van der Waals surface area (Å²) in [5, 5.41) is 12.2. The number of benzene rings is 2. The van der Waals surface area contributed by atoms with Gasteiger partial charge in [-0.15, -0.1) is 0 Å². The van der Waals surface area contributed by atoms with Crippen LogP contribution in [0.3, 0.4) is 0 Å². The normalized spacial score (nSPS) is 11.7. The largest absolute Gasteiger partial charge is 0.490 e. The number of hydrogen-bond donors (Lipinski definition) is 3. The van der Waals surface area contributed by atoms with E-state index in [0.717, 1.165) is 0 Å². The van der Waals surface area contributed by atoms with Gasteiger partial charge in [-0.3, -0.25) is 9.59 Å². The average Bonchev–Trinajstić information content (AvgIpc) is 2.63. The average molecular weight is 411 g/mol. The van der Waals surface area contributed by atoms with E-state index in [9.17, 15) is 9.59 Å². The van der Waals surface area contributed by atoms with E-state index in [-0.39, 0.29) is 22.4 Å². The first-order chi connectivity index (χ1) is 12.9. The Labute approximate surface area is 167 Å². The van der Waals surface area contributed by atoms with Crippen LogP contribution in [0.1, 0.15) is 22.3 Å². The third kappa shape index (κ3) is 6.43. The Kier molecular flexibility index (Phi) is 7.91. The van der Waals surface area contributed by atoms with E-state index >= 15 is 0 Å². The number of rotatable bonds is 9. The molecule has 0 bridgehead atoms. The Morgan fingerprint density at radius 2 is 1.78 bits per heavy atom. The minimum Gasteiger partial charge on any atom is -0.490 e. The molecule has 0 aliphatic rings. The molecule has 27 heavy (non-hydrogen) atoms. The van der Waals surface area contributed by atoms with Gasteiger partial charge < -0.3 is 20.9 Å². The van der Waals surface area contributed by atoms with Crippen molar-refractivity contribution in [3.05, 3.63) is 63.6 Å². The summed E-state index contributed by atoms with van der Waals surface area (Å²) >= 11 is 12.3. The summed E-state index contributed by atoms with van der Waals surface area (Å²) in [7, 11) is 0. The van der Waals surface area contributed by atoms with Gasteiger partial charge in [0.1, 0.15) is 6.04 Å². The van der Waals surface area contributed by atoms with Crippen LogP contribution in [0.5, 0.6) is 5.75 Å². The van der Waals surface area contributed by atoms with E-state index in [1.807, 2.05) is 6.07 Å². The molecule has 0 aromatic heterocycles. The molecular formula is C19H20Cl2N2O4. The van der Waals surface area contributed by atoms with Crippen LogP contribution in [0, 0.1) is 0 Å². The number of amides is 1. The lowest BCUT2D eigenvalue weighted by molar-refractivity contribution is -0.138. The molecule has 0 saturated carbocycles. The van der Waals surface area contributed by atoms with Crippen LogP contribution >= 0.6 is 23.2 Å². The van der Waals surface area contributed by atoms with Crippen molar-refractivity contribution in [1.82, 2.24) is 5.32 Å². The predicted molar refractivity (Wildman–Crippen MR) is 105 cm³/mol. The van der Waals surface area contributed by atoms with Crippen molar-refractivity contribution in [2.75, 3.05) is 13.2 Å². The molecule has 144 valence electrons. The SMILES string of the molecule is NC(Cc1cc(Cl)c(OCCCNC(=O)c2ccccc2)c(Cl)c1)C(=O)O. The maximum absolute atomic E-state index is 11.9. The van der Waals surface area contributed by atoms with E-state index in [2.05, 4.69) is 5.32 Å². The number of carboxylic acid groups (broad SMARTS) is 1. The van der Waals surface area contributed by atoms with Gasteiger partial charge >= 0.3 is 5.97 Å². The van der Waals surface area contributed by atoms with Gasteiger partial charge in [0.2, 0.25) is 0 Å². The second-order valence-electron chi connectivity index (χ2n) is 5.86. The van der Waals surface area contributed by atoms with E-state index < -0.39 is 12.0 Å². The molecule has 0 heterocycles. The number of halogens is 2. The molecule has 0 radical (unpaired) electrons. The molecule has 1 unspecified atom stereocenters. The summed E-state index contributed by atoms with van der Waals surface area (Å²) in [6, 6.07) is 11.1. The van der Waals surface area contributed by atoms with Gasteiger partial charge in [-0.25, -0.2) is 0 Å². The Bertz CT molecular complexity index is 777. The van der Waals surface area contributed by atoms with Gasteiger partial charge in [-0.05, 0) is 42.7 Å². The maximum Gasteiger partial charge on any atom is 0.320 e. The van der Waals surface area contributed by atoms with Gasteiger partial charge in [-0.2, -0.15) is 0 Å². The zero-order chi connectivity index (χ0) is 19.8. The van der Waals surface area contributed by atoms with E-state index in [1.165, 1.54) is 0 Å². The Balaban J connectivity index is 1.82. The quantitative estimate of drug-likeness (QED) is 0.551. The van der Waals surface area contributed by atoms with Crippen molar-refractivity contribution in [3.63, 3.8) is 0 Å². The van der Waals surface area contributed by atoms with Crippen LogP contribution < -0.4 is 15.8 Å². The molecule has 0 aliphatic heterocycles. The van der Waals surface area contributed by atoms with Crippen molar-refractivity contribution in [3.8, 4) is 5.75 Å². The molecule has 1 amide bonds. The van der Waals surface area contributed by atoms with Gasteiger partial charge in [0.05, 0.1) is 16.7 Å². The fraction of sp³-hybridized carbons (Fsp3) is 0.263. The molecule has 2 aromatic rings. The molecule has 1 atom stereocenters. The van der Waals surface area contributed by atoms with Crippen molar-refractivity contribution in [2.24, 2.45) is 5.73 Å². The van der Waals surface area contributed by atoms with Crippen LogP contribution in [0.2, 0.25) is 10.0 Å². The highest BCUT2D eigenvalue weighted by molar-refractivity contribution is 6.37. The predicted octanol–water partition coefficient (Wildman–Crippen LogP) is 3.15. The first-order valence-corrected chi connectivity index (χ1v) is 9.06. The topological polar surface area (TPSA) is 102 Å². The van der Waals surface area contributed by atoms with Crippen molar-refractivity contribution >= 4 is 35.1 Å². The highest BCUT2D eigenvalue weighted by Crippen LogP contribution is 2.34. The summed E-state index contributed by atoms with van der Waals surface area (Å²) in [5.41, 5.74) is 6.73. The number of hydrogen-bond acceptors (Lipinski definition) is 4. The van der Waals surface area contributed by atoms with Crippen LogP contribution in [0.4, 0.5) is 0 Å². The van der Waals surface area contributed by atoms with Gasteiger partial charge in [-0.1, -0.05) is 41.4 Å². The van der Waals surface area contributed by atoms with Crippen LogP contribution in [-0.4, -0.2) is 36.2 Å². The summed E-state index contributed by atoms with van der Waals surface area (Å²) in [5.74, 6) is -0.925. The lowest BCUT2D eigenvalue weighted by Gasteiger charge is -2.13. The summed E-state index contributed by atoms with van der Waals surface area (Å²) in [4.78, 5) is 22.7. The van der Waals surface area contributed by atoms with E-state index in [1.54, 1.807) is 36.4 Å². The lowest BCUT2D eigenvalue weighted by atomic mass is 10.1. The molecule has 4 N–H and O–H groups in total. The second kappa shape index (κ2) is 10.2. The van der Waals surface area contributed by atoms with Gasteiger partial charge in [0.15, 0.2) is 5.75 Å². The van der Waals surface area contributed by atoms with Crippen LogP contribution in [-0.2, 0) is 11.2 Å². The van der Waals surface area contributed by atoms with E-state index in [0.29, 0.717) is 36.4 Å². The number of aliphatic carboxylic acids is 1. The third-order valence-electron chi connectivity index (χ3n) is 3.72. The smallest absolute Gasteiger partial charge is 0.320 e. The lowest BCUT2D eigenvalue weighted by Crippen LogP contribution is -2.32. The first-order valence-electron chi connectivity index (χ1n) is 8.31. The molecule has 6 nitrogen and oxygen atoms in total. The number of ether oxygens (including phenoxy) is 1. The number of nitrogens with one attached hydrogen (secondary N) is 1. The molecule has 0 fully saturated rings. The number of carbonyl (C=O) groups excluding carboxylic acids is 1. The van der Waals surface area contributed by atoms with Crippen LogP contribution in [0.15, 0.2) is 42.5 Å². The standard InChI is InChI=1S/C19H20Cl2N2O4/c20-14-9-12(11-16(22)19(25)26)10-15(21)17(14)27-8-4-7-23-18(24)13-5-2-1-3-6-13/h1-3,5-6,9-10,16H,4,7-8,11,22H2,(H,23,24)(H,25,26). The minimum atomic E-state index is -1.10. The fourth-order valence-corrected chi connectivity index (χ4v) is 2.99. The highest BCUT2D eigenvalue weighted by Gasteiger charge is 2.16. The Morgan fingerprint density at radius 3 is 2.37 bits per heavy atom. The number of nitrogens with two attached hydrogens (primary N) is 1. The molecule has 8 heteroatoms. The number of carboxylic acids is 1. The van der Waals surface area contributed by atoms with Crippen molar-refractivity contribution in [2.45, 2.75) is 18.9 Å². The Morgan fingerprint density at radius 1 is 1.15 bits per heavy atom. The fourth-order valence-electron chi connectivity index (χ4n) is 2.35. The summed E-state index contributed by atoms with van der Waals surface area (Å²) < 4.78 is 5.60. The van der Waals surface area contributed by atoms with Gasteiger partial charge in [0, 0.05) is 12.1 Å².